The summed E-state index contributed by atoms with van der Waals surface area (Å²) >= 11 is 0.730. The van der Waals surface area contributed by atoms with Crippen LogP contribution in [0.4, 0.5) is 4.39 Å². The Bertz CT molecular complexity index is 811. The van der Waals surface area contributed by atoms with Gasteiger partial charge < -0.3 is 14.3 Å². The average Bonchev–Trinajstić information content (AvgIpc) is 3.05. The van der Waals surface area contributed by atoms with E-state index in [0.29, 0.717) is 16.2 Å². The van der Waals surface area contributed by atoms with Gasteiger partial charge in [-0.3, -0.25) is 4.79 Å². The van der Waals surface area contributed by atoms with Crippen molar-refractivity contribution >= 4 is 27.8 Å². The van der Waals surface area contributed by atoms with Crippen molar-refractivity contribution in [1.82, 2.24) is 0 Å². The minimum atomic E-state index is -2.09. The highest BCUT2D eigenvalue weighted by Crippen LogP contribution is 2.31. The summed E-state index contributed by atoms with van der Waals surface area (Å²) in [6, 6.07) is 15.3. The molecule has 0 aliphatic heterocycles. The number of methoxy groups -OCH3 is 1. The highest BCUT2D eigenvalue weighted by Gasteiger charge is 2.31. The second kappa shape index (κ2) is 7.07. The average molecular weight is 346 g/mol. The van der Waals surface area contributed by atoms with Gasteiger partial charge in [-0.05, 0) is 48.2 Å². The number of benzene rings is 2. The molecule has 1 N–H and O–H groups in total. The van der Waals surface area contributed by atoms with Crippen molar-refractivity contribution in [2.45, 2.75) is 17.2 Å². The molecule has 24 heavy (non-hydrogen) atoms. The van der Waals surface area contributed by atoms with Gasteiger partial charge in [0.15, 0.2) is 6.10 Å². The van der Waals surface area contributed by atoms with E-state index in [1.54, 1.807) is 42.5 Å². The van der Waals surface area contributed by atoms with E-state index in [9.17, 15) is 14.3 Å². The molecule has 0 amide bonds. The Balaban J connectivity index is 1.71. The molecule has 0 unspecified atom stereocenters. The van der Waals surface area contributed by atoms with Gasteiger partial charge in [0, 0.05) is 10.3 Å². The van der Waals surface area contributed by atoms with E-state index in [1.165, 1.54) is 13.2 Å². The topological polar surface area (TPSA) is 59.7 Å². The highest BCUT2D eigenvalue weighted by atomic mass is 32.2. The number of ether oxygens (including phenoxy) is 1. The number of fused-ring (bicyclic) bond motifs is 1. The van der Waals surface area contributed by atoms with Crippen LogP contribution in [0.1, 0.15) is 11.9 Å². The van der Waals surface area contributed by atoms with Crippen LogP contribution in [0.3, 0.4) is 0 Å². The van der Waals surface area contributed by atoms with Crippen LogP contribution >= 0.6 is 11.8 Å². The number of furan rings is 1. The maximum Gasteiger partial charge on any atom is 0.231 e. The van der Waals surface area contributed by atoms with Gasteiger partial charge in [0.1, 0.15) is 17.1 Å². The quantitative estimate of drug-likeness (QED) is 0.704. The summed E-state index contributed by atoms with van der Waals surface area (Å²) in [5, 5.41) is 10.1. The maximum atomic E-state index is 14.3. The fourth-order valence-electron chi connectivity index (χ4n) is 2.24. The summed E-state index contributed by atoms with van der Waals surface area (Å²) in [6.45, 7) is 0. The number of alkyl halides is 1. The number of aliphatic hydroxyl groups excluding tert-OH is 1. The SMILES string of the molecule is COc1ccc(SC(=O)[C@@H](F)[C@@H](O)c2cc3ccccc3o2)cc1. The van der Waals surface area contributed by atoms with Crippen LogP contribution in [0.5, 0.6) is 5.75 Å². The van der Waals surface area contributed by atoms with Crippen molar-refractivity contribution in [1.29, 1.82) is 0 Å². The molecule has 6 heteroatoms. The minimum absolute atomic E-state index is 0.0346. The number of hydrogen-bond acceptors (Lipinski definition) is 5. The Labute approximate surface area is 142 Å². The zero-order chi connectivity index (χ0) is 17.1. The van der Waals surface area contributed by atoms with Crippen molar-refractivity contribution in [2.75, 3.05) is 7.11 Å². The standard InChI is InChI=1S/C18H15FO4S/c1-22-12-6-8-13(9-7-12)24-18(21)16(19)17(20)15-10-11-4-2-3-5-14(11)23-15/h2-10,16-17,20H,1H3/t16-,17-/m0/s1. The lowest BCUT2D eigenvalue weighted by Crippen LogP contribution is -2.21. The van der Waals surface area contributed by atoms with E-state index < -0.39 is 17.4 Å². The van der Waals surface area contributed by atoms with Gasteiger partial charge in [-0.1, -0.05) is 18.2 Å². The summed E-state index contributed by atoms with van der Waals surface area (Å²) in [6.07, 6.45) is -3.73. The number of carbonyl (C=O) groups excluding carboxylic acids is 1. The van der Waals surface area contributed by atoms with Gasteiger partial charge in [0.25, 0.3) is 0 Å². The van der Waals surface area contributed by atoms with Crippen LogP contribution in [-0.4, -0.2) is 23.5 Å². The normalized spacial score (nSPS) is 13.6. The number of hydrogen-bond donors (Lipinski definition) is 1. The van der Waals surface area contributed by atoms with Gasteiger partial charge >= 0.3 is 0 Å². The molecule has 0 radical (unpaired) electrons. The second-order valence-corrected chi connectivity index (χ2v) is 6.21. The maximum absolute atomic E-state index is 14.3. The van der Waals surface area contributed by atoms with Crippen LogP contribution < -0.4 is 4.74 Å². The monoisotopic (exact) mass is 346 g/mol. The third-order valence-corrected chi connectivity index (χ3v) is 4.45. The van der Waals surface area contributed by atoms with Crippen LogP contribution in [0.25, 0.3) is 11.0 Å². The summed E-state index contributed by atoms with van der Waals surface area (Å²) in [4.78, 5) is 12.6. The molecular weight excluding hydrogens is 331 g/mol. The Morgan fingerprint density at radius 2 is 1.92 bits per heavy atom. The first kappa shape index (κ1) is 16.5. The van der Waals surface area contributed by atoms with Crippen molar-refractivity contribution in [2.24, 2.45) is 0 Å². The molecule has 2 atom stereocenters. The van der Waals surface area contributed by atoms with Gasteiger partial charge in [-0.2, -0.15) is 0 Å². The summed E-state index contributed by atoms with van der Waals surface area (Å²) < 4.78 is 24.8. The van der Waals surface area contributed by atoms with Gasteiger partial charge in [-0.15, -0.1) is 0 Å². The summed E-state index contributed by atoms with van der Waals surface area (Å²) in [5.41, 5.74) is 0.536. The zero-order valence-electron chi connectivity index (χ0n) is 12.8. The first-order chi connectivity index (χ1) is 11.6. The number of thioether (sulfide) groups is 1. The first-order valence-electron chi connectivity index (χ1n) is 7.25. The van der Waals surface area contributed by atoms with Crippen LogP contribution in [0.2, 0.25) is 0 Å². The molecule has 0 aliphatic rings. The predicted octanol–water partition coefficient (Wildman–Crippen LogP) is 4.13. The van der Waals surface area contributed by atoms with Gasteiger partial charge in [0.05, 0.1) is 7.11 Å². The molecule has 3 aromatic rings. The molecular formula is C18H15FO4S. The Hall–Kier alpha value is -2.31. The molecule has 0 spiro atoms. The third-order valence-electron chi connectivity index (χ3n) is 3.52. The van der Waals surface area contributed by atoms with Crippen molar-refractivity contribution in [3.63, 3.8) is 0 Å². The van der Waals surface area contributed by atoms with E-state index in [4.69, 9.17) is 9.15 Å². The smallest absolute Gasteiger partial charge is 0.231 e. The van der Waals surface area contributed by atoms with E-state index in [1.807, 2.05) is 6.07 Å². The molecule has 124 valence electrons. The lowest BCUT2D eigenvalue weighted by Gasteiger charge is -2.12. The van der Waals surface area contributed by atoms with Crippen molar-refractivity contribution < 1.29 is 23.4 Å². The zero-order valence-corrected chi connectivity index (χ0v) is 13.6. The summed E-state index contributed by atoms with van der Waals surface area (Å²) in [7, 11) is 1.54. The van der Waals surface area contributed by atoms with E-state index in [0.717, 1.165) is 17.1 Å². The van der Waals surface area contributed by atoms with Crippen molar-refractivity contribution in [3.05, 3.63) is 60.4 Å². The molecule has 0 aliphatic carbocycles. The molecule has 1 heterocycles. The van der Waals surface area contributed by atoms with Crippen LogP contribution in [0.15, 0.2) is 63.9 Å². The number of rotatable bonds is 5. The molecule has 2 aromatic carbocycles. The second-order valence-electron chi connectivity index (χ2n) is 5.13. The molecule has 4 nitrogen and oxygen atoms in total. The highest BCUT2D eigenvalue weighted by molar-refractivity contribution is 8.13. The number of para-hydroxylation sites is 1. The van der Waals surface area contributed by atoms with E-state index >= 15 is 0 Å². The van der Waals surface area contributed by atoms with Crippen LogP contribution in [-0.2, 0) is 4.79 Å². The molecule has 0 bridgehead atoms. The molecule has 0 fully saturated rings. The van der Waals surface area contributed by atoms with E-state index in [2.05, 4.69) is 0 Å². The Kier molecular flexibility index (Phi) is 4.87. The molecule has 0 saturated carbocycles. The lowest BCUT2D eigenvalue weighted by molar-refractivity contribution is -0.119. The fourth-order valence-corrected chi connectivity index (χ4v) is 2.98. The number of carbonyl (C=O) groups is 1. The molecule has 0 saturated heterocycles. The third kappa shape index (κ3) is 3.44. The number of aliphatic hydroxyl groups is 1. The van der Waals surface area contributed by atoms with Crippen molar-refractivity contribution in [3.8, 4) is 5.75 Å². The molecule has 3 rings (SSSR count). The largest absolute Gasteiger partial charge is 0.497 e. The first-order valence-corrected chi connectivity index (χ1v) is 8.06. The summed E-state index contributed by atoms with van der Waals surface area (Å²) in [5.74, 6) is 0.679. The Morgan fingerprint density at radius 1 is 1.21 bits per heavy atom. The lowest BCUT2D eigenvalue weighted by atomic mass is 10.1. The van der Waals surface area contributed by atoms with Gasteiger partial charge in [-0.25, -0.2) is 4.39 Å². The molecule has 1 aromatic heterocycles. The predicted molar refractivity (Wildman–Crippen MR) is 89.9 cm³/mol. The van der Waals surface area contributed by atoms with Gasteiger partial charge in [0.2, 0.25) is 11.3 Å². The van der Waals surface area contributed by atoms with E-state index in [-0.39, 0.29) is 5.76 Å². The number of halogens is 1. The Morgan fingerprint density at radius 3 is 2.58 bits per heavy atom. The van der Waals surface area contributed by atoms with Crippen LogP contribution in [0, 0.1) is 0 Å². The minimum Gasteiger partial charge on any atom is -0.497 e. The fraction of sp³-hybridized carbons (Fsp3) is 0.167.